The molecule has 4 rings (SSSR count). The lowest BCUT2D eigenvalue weighted by Gasteiger charge is -2.22. The van der Waals surface area contributed by atoms with E-state index in [0.717, 1.165) is 11.1 Å². The van der Waals surface area contributed by atoms with Crippen LogP contribution >= 0.6 is 23.2 Å². The van der Waals surface area contributed by atoms with Crippen LogP contribution in [0.5, 0.6) is 5.75 Å². The minimum Gasteiger partial charge on any atom is -0.481 e. The molecule has 220 valence electrons. The molecule has 0 spiro atoms. The number of hydrogen-bond acceptors (Lipinski definition) is 6. The molecule has 1 fully saturated rings. The molecule has 3 aromatic rings. The normalized spacial score (nSPS) is 17.2. The van der Waals surface area contributed by atoms with Crippen molar-refractivity contribution in [2.24, 2.45) is 0 Å². The van der Waals surface area contributed by atoms with Crippen LogP contribution in [0.1, 0.15) is 43.0 Å². The van der Waals surface area contributed by atoms with Crippen LogP contribution in [0.3, 0.4) is 0 Å². The van der Waals surface area contributed by atoms with Crippen LogP contribution in [0.15, 0.2) is 79.0 Å². The molecule has 1 saturated carbocycles. The number of amides is 3. The Bertz CT molecular complexity index is 1400. The Kier molecular flexibility index (Phi) is 10.2. The van der Waals surface area contributed by atoms with Gasteiger partial charge in [-0.2, -0.15) is 0 Å². The average Bonchev–Trinajstić information content (AvgIpc) is 3.63. The molecule has 0 aliphatic heterocycles. The van der Waals surface area contributed by atoms with E-state index in [1.165, 1.54) is 6.92 Å². The molecule has 2 aromatic carbocycles. The zero-order valence-electron chi connectivity index (χ0n) is 23.2. The highest BCUT2D eigenvalue weighted by molar-refractivity contribution is 6.51. The molecule has 0 radical (unpaired) electrons. The van der Waals surface area contributed by atoms with Gasteiger partial charge in [0.25, 0.3) is 11.8 Å². The maximum absolute atomic E-state index is 13.1. The summed E-state index contributed by atoms with van der Waals surface area (Å²) in [7, 11) is 0. The van der Waals surface area contributed by atoms with Crippen molar-refractivity contribution in [2.45, 2.75) is 61.7 Å². The Labute approximate surface area is 254 Å². The first kappa shape index (κ1) is 31.0. The Balaban J connectivity index is 1.33. The van der Waals surface area contributed by atoms with Gasteiger partial charge >= 0.3 is 0 Å². The average molecular weight is 612 g/mol. The van der Waals surface area contributed by atoms with Gasteiger partial charge in [0, 0.05) is 18.5 Å². The molecule has 1 heterocycles. The van der Waals surface area contributed by atoms with E-state index in [0.29, 0.717) is 17.9 Å². The molecule has 42 heavy (non-hydrogen) atoms. The number of rotatable bonds is 13. The maximum atomic E-state index is 13.1. The number of ether oxygens (including phenoxy) is 1. The highest BCUT2D eigenvalue weighted by Crippen LogP contribution is 2.59. The Morgan fingerprint density at radius 1 is 0.929 bits per heavy atom. The van der Waals surface area contributed by atoms with Gasteiger partial charge in [-0.15, -0.1) is 23.2 Å². The molecule has 11 heteroatoms. The van der Waals surface area contributed by atoms with Gasteiger partial charge in [0.05, 0.1) is 12.2 Å². The van der Waals surface area contributed by atoms with E-state index in [9.17, 15) is 19.2 Å². The summed E-state index contributed by atoms with van der Waals surface area (Å²) in [4.78, 5) is 55.7. The zero-order valence-corrected chi connectivity index (χ0v) is 24.7. The number of benzene rings is 2. The van der Waals surface area contributed by atoms with E-state index >= 15 is 0 Å². The first-order chi connectivity index (χ1) is 20.0. The van der Waals surface area contributed by atoms with Crippen molar-refractivity contribution in [2.75, 3.05) is 0 Å². The van der Waals surface area contributed by atoms with Gasteiger partial charge in [0.1, 0.15) is 22.2 Å². The van der Waals surface area contributed by atoms with E-state index in [4.69, 9.17) is 27.9 Å². The molecule has 9 nitrogen and oxygen atoms in total. The number of nitrogens with zero attached hydrogens (tertiary/aromatic N) is 1. The van der Waals surface area contributed by atoms with E-state index in [-0.39, 0.29) is 18.9 Å². The standard InChI is InChI=1S/C31H32Cl2N4O5/c1-19(36-29(40)20(2)42-24-13-11-22(12-14-24)25-17-31(25,32)33)28(39)37-26(16-21-8-4-3-5-9-21)27(38)30(41)35-18-23-10-6-7-15-34-23/h3-15,19-20,25-26H,16-18H2,1-2H3,(H,35,41)(H,36,40)(H,37,39)/t19-,20?,25?,26-/m1/s1. The van der Waals surface area contributed by atoms with Crippen LogP contribution in [0.4, 0.5) is 0 Å². The van der Waals surface area contributed by atoms with Crippen molar-refractivity contribution in [1.82, 2.24) is 20.9 Å². The van der Waals surface area contributed by atoms with E-state index in [1.54, 1.807) is 67.7 Å². The second-order valence-corrected chi connectivity index (χ2v) is 11.7. The number of pyridine rings is 1. The van der Waals surface area contributed by atoms with Gasteiger partial charge < -0.3 is 20.7 Å². The second kappa shape index (κ2) is 13.8. The van der Waals surface area contributed by atoms with E-state index < -0.39 is 46.0 Å². The number of alkyl halides is 2. The number of hydrogen-bond donors (Lipinski definition) is 3. The van der Waals surface area contributed by atoms with E-state index in [1.807, 2.05) is 18.2 Å². The highest BCUT2D eigenvalue weighted by Gasteiger charge is 2.52. The van der Waals surface area contributed by atoms with Crippen molar-refractivity contribution in [1.29, 1.82) is 0 Å². The lowest BCUT2D eigenvalue weighted by Crippen LogP contribution is -2.54. The lowest BCUT2D eigenvalue weighted by molar-refractivity contribution is -0.140. The first-order valence-corrected chi connectivity index (χ1v) is 14.3. The molecule has 3 N–H and O–H groups in total. The second-order valence-electron chi connectivity index (χ2n) is 10.2. The molecule has 1 aromatic heterocycles. The van der Waals surface area contributed by atoms with Gasteiger partial charge in [-0.3, -0.25) is 24.2 Å². The van der Waals surface area contributed by atoms with Gasteiger partial charge in [-0.1, -0.05) is 48.5 Å². The fourth-order valence-corrected chi connectivity index (χ4v) is 4.84. The molecule has 1 aliphatic carbocycles. The molecular weight excluding hydrogens is 579 g/mol. The lowest BCUT2D eigenvalue weighted by atomic mass is 10.0. The molecule has 3 amide bonds. The van der Waals surface area contributed by atoms with Crippen LogP contribution < -0.4 is 20.7 Å². The number of halogens is 2. The van der Waals surface area contributed by atoms with Gasteiger partial charge in [0.2, 0.25) is 11.7 Å². The third kappa shape index (κ3) is 8.53. The summed E-state index contributed by atoms with van der Waals surface area (Å²) in [5.74, 6) is -2.27. The van der Waals surface area contributed by atoms with Gasteiger partial charge in [-0.25, -0.2) is 0 Å². The van der Waals surface area contributed by atoms with Crippen molar-refractivity contribution in [3.63, 3.8) is 0 Å². The first-order valence-electron chi connectivity index (χ1n) is 13.5. The van der Waals surface area contributed by atoms with Crippen LogP contribution in [0, 0.1) is 0 Å². The van der Waals surface area contributed by atoms with Crippen LogP contribution in [0.2, 0.25) is 0 Å². The molecule has 4 atom stereocenters. The van der Waals surface area contributed by atoms with Crippen LogP contribution in [0.25, 0.3) is 0 Å². The molecular formula is C31H32Cl2N4O5. The Hall–Kier alpha value is -3.95. The summed E-state index contributed by atoms with van der Waals surface area (Å²) in [5.41, 5.74) is 2.32. The fraction of sp³-hybridized carbons (Fsp3) is 0.323. The van der Waals surface area contributed by atoms with Crippen LogP contribution in [-0.4, -0.2) is 51.0 Å². The number of carbonyl (C=O) groups excluding carboxylic acids is 4. The molecule has 2 unspecified atom stereocenters. The summed E-state index contributed by atoms with van der Waals surface area (Å²) >= 11 is 12.3. The van der Waals surface area contributed by atoms with Crippen molar-refractivity contribution in [3.05, 3.63) is 95.8 Å². The fourth-order valence-electron chi connectivity index (χ4n) is 4.28. The topological polar surface area (TPSA) is 126 Å². The summed E-state index contributed by atoms with van der Waals surface area (Å²) in [6, 6.07) is 19.2. The van der Waals surface area contributed by atoms with Crippen molar-refractivity contribution < 1.29 is 23.9 Å². The Morgan fingerprint density at radius 2 is 1.60 bits per heavy atom. The number of carbonyl (C=O) groups is 4. The SMILES string of the molecule is CC(Oc1ccc(C2CC2(Cl)Cl)cc1)C(=O)N[C@H](C)C(=O)N[C@H](Cc1ccccc1)C(=O)C(=O)NCc1ccccn1. The zero-order chi connectivity index (χ0) is 30.3. The quantitative estimate of drug-likeness (QED) is 0.200. The molecule has 1 aliphatic rings. The Morgan fingerprint density at radius 3 is 2.21 bits per heavy atom. The third-order valence-corrected chi connectivity index (χ3v) is 7.67. The third-order valence-electron chi connectivity index (χ3n) is 6.84. The summed E-state index contributed by atoms with van der Waals surface area (Å²) in [6.45, 7) is 3.11. The van der Waals surface area contributed by atoms with Crippen molar-refractivity contribution >= 4 is 46.7 Å². The largest absolute Gasteiger partial charge is 0.481 e. The number of aromatic nitrogens is 1. The maximum Gasteiger partial charge on any atom is 0.289 e. The summed E-state index contributed by atoms with van der Waals surface area (Å²) < 4.78 is 5.00. The minimum atomic E-state index is -1.15. The van der Waals surface area contributed by atoms with Crippen molar-refractivity contribution in [3.8, 4) is 5.75 Å². The predicted molar refractivity (Wildman–Crippen MR) is 159 cm³/mol. The number of nitrogens with one attached hydrogen (secondary N) is 3. The smallest absolute Gasteiger partial charge is 0.289 e. The molecule has 0 bridgehead atoms. The minimum absolute atomic E-state index is 0.0608. The van der Waals surface area contributed by atoms with E-state index in [2.05, 4.69) is 20.9 Å². The predicted octanol–water partition coefficient (Wildman–Crippen LogP) is 3.63. The van der Waals surface area contributed by atoms with Crippen LogP contribution in [-0.2, 0) is 32.1 Å². The highest BCUT2D eigenvalue weighted by atomic mass is 35.5. The summed E-state index contributed by atoms with van der Waals surface area (Å²) in [5, 5.41) is 7.78. The number of ketones is 1. The summed E-state index contributed by atoms with van der Waals surface area (Å²) in [6.07, 6.45) is 1.45. The monoisotopic (exact) mass is 610 g/mol. The molecule has 0 saturated heterocycles. The number of Topliss-reactive ketones (excluding diaryl/α,β-unsaturated/α-hetero) is 1. The van der Waals surface area contributed by atoms with Gasteiger partial charge in [0.15, 0.2) is 6.10 Å². The van der Waals surface area contributed by atoms with Gasteiger partial charge in [-0.05, 0) is 55.7 Å².